The number of likely N-dealkylation sites (N-methyl/N-ethyl adjacent to an activating group) is 1. The van der Waals surface area contributed by atoms with Gasteiger partial charge in [-0.25, -0.2) is 4.79 Å². The summed E-state index contributed by atoms with van der Waals surface area (Å²) in [5, 5.41) is 15.6. The predicted molar refractivity (Wildman–Crippen MR) is 98.2 cm³/mol. The molecular weight excluding hydrogens is 324 g/mol. The van der Waals surface area contributed by atoms with Crippen LogP contribution in [0.4, 0.5) is 5.95 Å². The van der Waals surface area contributed by atoms with Crippen molar-refractivity contribution < 1.29 is 5.11 Å². The molecule has 0 aromatic carbocycles. The summed E-state index contributed by atoms with van der Waals surface area (Å²) in [6.45, 7) is 6.41. The largest absolute Gasteiger partial charge is 0.393 e. The summed E-state index contributed by atoms with van der Waals surface area (Å²) in [5.41, 5.74) is -0.0626. The van der Waals surface area contributed by atoms with Crippen LogP contribution in [0.1, 0.15) is 33.1 Å². The van der Waals surface area contributed by atoms with Crippen molar-refractivity contribution in [1.82, 2.24) is 24.4 Å². The molecule has 9 heteroatoms. The minimum absolute atomic E-state index is 0.323. The topological polar surface area (TPSA) is 117 Å². The first kappa shape index (κ1) is 19.2. The predicted octanol–water partition coefficient (Wildman–Crippen LogP) is -0.00420. The fraction of sp³-hybridized carbons (Fsp3) is 0.688. The smallest absolute Gasteiger partial charge is 0.332 e. The molecule has 4 N–H and O–H groups in total. The summed E-state index contributed by atoms with van der Waals surface area (Å²) < 4.78 is 2.61. The van der Waals surface area contributed by atoms with Gasteiger partial charge in [-0.15, -0.1) is 0 Å². The number of aromatic amines is 1. The first-order valence-corrected chi connectivity index (χ1v) is 8.77. The van der Waals surface area contributed by atoms with Gasteiger partial charge in [-0.05, 0) is 32.7 Å². The number of hydrogen-bond acceptors (Lipinski definition) is 6. The van der Waals surface area contributed by atoms with Gasteiger partial charge < -0.3 is 20.7 Å². The van der Waals surface area contributed by atoms with Gasteiger partial charge in [0.25, 0.3) is 5.56 Å². The Balaban J connectivity index is 2.20. The molecule has 0 saturated carbocycles. The van der Waals surface area contributed by atoms with Crippen LogP contribution in [0.15, 0.2) is 9.59 Å². The highest BCUT2D eigenvalue weighted by Crippen LogP contribution is 2.08. The molecule has 2 heterocycles. The number of hydrogen-bond donors (Lipinski definition) is 4. The van der Waals surface area contributed by atoms with E-state index in [1.807, 2.05) is 6.92 Å². The number of aryl methyl sites for hydroxylation is 1. The Labute approximate surface area is 146 Å². The molecule has 0 aliphatic rings. The van der Waals surface area contributed by atoms with E-state index in [4.69, 9.17) is 0 Å². The fourth-order valence-electron chi connectivity index (χ4n) is 2.69. The minimum Gasteiger partial charge on any atom is -0.393 e. The summed E-state index contributed by atoms with van der Waals surface area (Å²) in [7, 11) is 1.61. The number of anilines is 1. The van der Waals surface area contributed by atoms with E-state index in [0.29, 0.717) is 43.0 Å². The van der Waals surface area contributed by atoms with E-state index in [2.05, 4.69) is 20.6 Å². The van der Waals surface area contributed by atoms with Crippen molar-refractivity contribution in [1.29, 1.82) is 0 Å². The zero-order chi connectivity index (χ0) is 18.4. The van der Waals surface area contributed by atoms with Gasteiger partial charge in [0.2, 0.25) is 5.95 Å². The molecule has 0 bridgehead atoms. The van der Waals surface area contributed by atoms with Crippen molar-refractivity contribution in [3.05, 3.63) is 20.8 Å². The van der Waals surface area contributed by atoms with Crippen LogP contribution in [0.2, 0.25) is 0 Å². The second-order valence-corrected chi connectivity index (χ2v) is 6.21. The SMILES string of the molecule is CCNCCNc1nc2c([nH]1)c(=O)n(CCCCC(C)O)c(=O)n2C. The summed E-state index contributed by atoms with van der Waals surface area (Å²) >= 11 is 0. The van der Waals surface area contributed by atoms with Gasteiger partial charge in [0.05, 0.1) is 6.10 Å². The molecule has 0 spiro atoms. The molecule has 0 radical (unpaired) electrons. The van der Waals surface area contributed by atoms with E-state index in [9.17, 15) is 14.7 Å². The summed E-state index contributed by atoms with van der Waals surface area (Å²) in [6, 6.07) is 0. The van der Waals surface area contributed by atoms with Crippen molar-refractivity contribution >= 4 is 17.1 Å². The third kappa shape index (κ3) is 4.70. The first-order chi connectivity index (χ1) is 12.0. The number of rotatable bonds is 10. The Morgan fingerprint density at radius 2 is 2.04 bits per heavy atom. The summed E-state index contributed by atoms with van der Waals surface area (Å²) in [4.78, 5) is 32.3. The third-order valence-electron chi connectivity index (χ3n) is 4.08. The highest BCUT2D eigenvalue weighted by molar-refractivity contribution is 5.72. The number of nitrogens with zero attached hydrogens (tertiary/aromatic N) is 3. The molecule has 0 fully saturated rings. The van der Waals surface area contributed by atoms with Gasteiger partial charge in [-0.3, -0.25) is 13.9 Å². The van der Waals surface area contributed by atoms with Crippen LogP contribution in [0.3, 0.4) is 0 Å². The highest BCUT2D eigenvalue weighted by atomic mass is 16.3. The van der Waals surface area contributed by atoms with Crippen molar-refractivity contribution in [2.24, 2.45) is 7.05 Å². The molecule has 2 rings (SSSR count). The Morgan fingerprint density at radius 1 is 1.28 bits per heavy atom. The zero-order valence-electron chi connectivity index (χ0n) is 15.1. The highest BCUT2D eigenvalue weighted by Gasteiger charge is 2.15. The normalized spacial score (nSPS) is 12.6. The molecule has 0 amide bonds. The number of imidazole rings is 1. The van der Waals surface area contributed by atoms with Crippen molar-refractivity contribution in [2.45, 2.75) is 45.8 Å². The molecular formula is C16H28N6O3. The van der Waals surface area contributed by atoms with E-state index in [0.717, 1.165) is 19.5 Å². The molecule has 1 unspecified atom stereocenters. The monoisotopic (exact) mass is 352 g/mol. The number of aromatic nitrogens is 4. The van der Waals surface area contributed by atoms with E-state index in [1.54, 1.807) is 14.0 Å². The lowest BCUT2D eigenvalue weighted by Gasteiger charge is -2.08. The number of aliphatic hydroxyl groups excluding tert-OH is 1. The molecule has 0 aliphatic heterocycles. The number of nitrogens with one attached hydrogen (secondary N) is 3. The van der Waals surface area contributed by atoms with Crippen molar-refractivity contribution in [3.8, 4) is 0 Å². The standard InChI is InChI=1S/C16H28N6O3/c1-4-17-8-9-18-15-19-12-13(20-15)21(3)16(25)22(14(12)24)10-6-5-7-11(2)23/h11,17,23H,4-10H2,1-3H3,(H2,18,19,20). The van der Waals surface area contributed by atoms with Gasteiger partial charge in [-0.2, -0.15) is 4.98 Å². The fourth-order valence-corrected chi connectivity index (χ4v) is 2.69. The summed E-state index contributed by atoms with van der Waals surface area (Å²) in [5.74, 6) is 0.479. The van der Waals surface area contributed by atoms with Crippen LogP contribution >= 0.6 is 0 Å². The molecule has 140 valence electrons. The summed E-state index contributed by atoms with van der Waals surface area (Å²) in [6.07, 6.45) is 1.70. The maximum Gasteiger partial charge on any atom is 0.332 e. The van der Waals surface area contributed by atoms with Gasteiger partial charge in [-0.1, -0.05) is 6.92 Å². The van der Waals surface area contributed by atoms with Gasteiger partial charge in [0, 0.05) is 26.7 Å². The maximum absolute atomic E-state index is 12.6. The van der Waals surface area contributed by atoms with E-state index >= 15 is 0 Å². The molecule has 0 saturated heterocycles. The minimum atomic E-state index is -0.375. The number of H-pyrrole nitrogens is 1. The molecule has 25 heavy (non-hydrogen) atoms. The van der Waals surface area contributed by atoms with E-state index < -0.39 is 0 Å². The van der Waals surface area contributed by atoms with E-state index in [1.165, 1.54) is 9.13 Å². The second-order valence-electron chi connectivity index (χ2n) is 6.21. The number of unbranched alkanes of at least 4 members (excludes halogenated alkanes) is 1. The Hall–Kier alpha value is -2.13. The average Bonchev–Trinajstić information content (AvgIpc) is 3.00. The Morgan fingerprint density at radius 3 is 2.72 bits per heavy atom. The maximum atomic E-state index is 12.6. The van der Waals surface area contributed by atoms with Crippen LogP contribution < -0.4 is 21.9 Å². The van der Waals surface area contributed by atoms with Crippen LogP contribution in [0.25, 0.3) is 11.2 Å². The number of aliphatic hydroxyl groups is 1. The van der Waals surface area contributed by atoms with Crippen LogP contribution in [0.5, 0.6) is 0 Å². The lowest BCUT2D eigenvalue weighted by Crippen LogP contribution is -2.39. The van der Waals surface area contributed by atoms with Gasteiger partial charge in [0.15, 0.2) is 11.2 Å². The lowest BCUT2D eigenvalue weighted by molar-refractivity contribution is 0.180. The molecule has 0 aliphatic carbocycles. The van der Waals surface area contributed by atoms with Crippen molar-refractivity contribution in [2.75, 3.05) is 25.0 Å². The quantitative estimate of drug-likeness (QED) is 0.447. The zero-order valence-corrected chi connectivity index (χ0v) is 15.1. The van der Waals surface area contributed by atoms with E-state index in [-0.39, 0.29) is 17.4 Å². The Kier molecular flexibility index (Phi) is 6.77. The molecule has 1 atom stereocenters. The third-order valence-corrected chi connectivity index (χ3v) is 4.08. The average molecular weight is 352 g/mol. The second kappa shape index (κ2) is 8.82. The Bertz CT molecular complexity index is 805. The number of fused-ring (bicyclic) bond motifs is 1. The van der Waals surface area contributed by atoms with Gasteiger partial charge >= 0.3 is 5.69 Å². The van der Waals surface area contributed by atoms with Crippen LogP contribution in [0, 0.1) is 0 Å². The molecule has 2 aromatic heterocycles. The molecule has 2 aromatic rings. The lowest BCUT2D eigenvalue weighted by atomic mass is 10.2. The molecule has 9 nitrogen and oxygen atoms in total. The van der Waals surface area contributed by atoms with Crippen LogP contribution in [-0.2, 0) is 13.6 Å². The van der Waals surface area contributed by atoms with Crippen LogP contribution in [-0.4, -0.2) is 49.9 Å². The van der Waals surface area contributed by atoms with Crippen molar-refractivity contribution in [3.63, 3.8) is 0 Å². The van der Waals surface area contributed by atoms with Gasteiger partial charge in [0.1, 0.15) is 0 Å². The first-order valence-electron chi connectivity index (χ1n) is 8.77.